The van der Waals surface area contributed by atoms with Crippen molar-refractivity contribution in [2.75, 3.05) is 0 Å². The summed E-state index contributed by atoms with van der Waals surface area (Å²) in [7, 11) is -4.37. The van der Waals surface area contributed by atoms with E-state index in [0.29, 0.717) is 12.0 Å². The van der Waals surface area contributed by atoms with E-state index in [4.69, 9.17) is 9.05 Å². The van der Waals surface area contributed by atoms with Crippen molar-refractivity contribution in [3.05, 3.63) is 95.1 Å². The number of aliphatic hydroxyl groups is 1. The van der Waals surface area contributed by atoms with Crippen molar-refractivity contribution in [1.29, 1.82) is 0 Å². The molecule has 31 heavy (non-hydrogen) atoms. The average molecular weight is 440 g/mol. The number of hydrogen-bond acceptors (Lipinski definition) is 4. The molecule has 0 saturated heterocycles. The molecular formula is C25H29O5P. The fourth-order valence-electron chi connectivity index (χ4n) is 3.66. The molecule has 0 aliphatic heterocycles. The molecule has 5 nitrogen and oxygen atoms in total. The van der Waals surface area contributed by atoms with E-state index < -0.39 is 13.4 Å². The van der Waals surface area contributed by atoms with Gasteiger partial charge in [-0.05, 0) is 66.8 Å². The molecule has 164 valence electrons. The van der Waals surface area contributed by atoms with Crippen molar-refractivity contribution < 1.29 is 23.6 Å². The summed E-state index contributed by atoms with van der Waals surface area (Å²) in [6, 6.07) is 21.4. The number of unbranched alkanes of at least 4 members (excludes halogenated alkanes) is 1. The molecule has 0 aliphatic carbocycles. The van der Waals surface area contributed by atoms with Gasteiger partial charge in [0.2, 0.25) is 0 Å². The van der Waals surface area contributed by atoms with Crippen LogP contribution in [-0.4, -0.2) is 10.00 Å². The van der Waals surface area contributed by atoms with Crippen LogP contribution in [0.2, 0.25) is 0 Å². The molecule has 3 aromatic carbocycles. The predicted molar refractivity (Wildman–Crippen MR) is 122 cm³/mol. The third-order valence-electron chi connectivity index (χ3n) is 5.11. The summed E-state index contributed by atoms with van der Waals surface area (Å²) < 4.78 is 23.0. The first-order valence-electron chi connectivity index (χ1n) is 10.4. The van der Waals surface area contributed by atoms with Gasteiger partial charge < -0.3 is 14.2 Å². The van der Waals surface area contributed by atoms with Gasteiger partial charge in [-0.2, -0.15) is 0 Å². The zero-order valence-corrected chi connectivity index (χ0v) is 19.0. The van der Waals surface area contributed by atoms with Gasteiger partial charge in [0.1, 0.15) is 17.1 Å². The van der Waals surface area contributed by atoms with Gasteiger partial charge in [-0.3, -0.25) is 4.89 Å². The van der Waals surface area contributed by atoms with Gasteiger partial charge in [0, 0.05) is 0 Å². The van der Waals surface area contributed by atoms with Crippen LogP contribution in [0.3, 0.4) is 0 Å². The second-order valence-corrected chi connectivity index (χ2v) is 9.13. The van der Waals surface area contributed by atoms with E-state index in [0.717, 1.165) is 29.5 Å². The Morgan fingerprint density at radius 1 is 0.839 bits per heavy atom. The van der Waals surface area contributed by atoms with Gasteiger partial charge in [-0.15, -0.1) is 0 Å². The van der Waals surface area contributed by atoms with Crippen LogP contribution in [0.15, 0.2) is 72.8 Å². The van der Waals surface area contributed by atoms with Gasteiger partial charge >= 0.3 is 7.82 Å². The normalized spacial score (nSPS) is 15.0. The van der Waals surface area contributed by atoms with Gasteiger partial charge in [-0.1, -0.05) is 68.3 Å². The second-order valence-electron chi connectivity index (χ2n) is 7.83. The lowest BCUT2D eigenvalue weighted by Gasteiger charge is -2.29. The van der Waals surface area contributed by atoms with E-state index in [1.807, 2.05) is 50.2 Å². The second kappa shape index (κ2) is 9.69. The molecule has 6 heteroatoms. The van der Waals surface area contributed by atoms with Crippen molar-refractivity contribution in [3.63, 3.8) is 0 Å². The maximum absolute atomic E-state index is 12.5. The van der Waals surface area contributed by atoms with Gasteiger partial charge in [0.15, 0.2) is 0 Å². The Morgan fingerprint density at radius 3 is 1.97 bits per heavy atom. The fraction of sp³-hybridized carbons (Fsp3) is 0.280. The number of benzene rings is 3. The largest absolute Gasteiger partial charge is 0.584 e. The zero-order chi connectivity index (χ0) is 22.5. The Hall–Kier alpha value is -2.59. The highest BCUT2D eigenvalue weighted by Gasteiger charge is 2.31. The smallest absolute Gasteiger partial charge is 0.395 e. The number of rotatable bonds is 9. The standard InChI is InChI=1S/C25H29O5P/c1-4-5-15-25(26,21-9-7-6-8-10-21)22-11-13-23(14-12-22)29-31(27,28)30-24-17-19(2)16-20(3)18-24/h6-14,16-18,26H,4-5,15H2,1-3H3,(H,27,28). The predicted octanol–water partition coefficient (Wildman–Crippen LogP) is 6.29. The van der Waals surface area contributed by atoms with E-state index >= 15 is 0 Å². The van der Waals surface area contributed by atoms with Crippen molar-refractivity contribution in [1.82, 2.24) is 0 Å². The molecule has 0 fully saturated rings. The maximum Gasteiger partial charge on any atom is 0.584 e. The molecule has 0 bridgehead atoms. The summed E-state index contributed by atoms with van der Waals surface area (Å²) in [6.45, 7) is 5.85. The van der Waals surface area contributed by atoms with Crippen LogP contribution >= 0.6 is 7.82 Å². The van der Waals surface area contributed by atoms with E-state index in [9.17, 15) is 14.6 Å². The minimum Gasteiger partial charge on any atom is -0.395 e. The topological polar surface area (TPSA) is 76.0 Å². The van der Waals surface area contributed by atoms with Gasteiger partial charge in [0.25, 0.3) is 0 Å². The zero-order valence-electron chi connectivity index (χ0n) is 18.1. The first-order valence-corrected chi connectivity index (χ1v) is 11.9. The fourth-order valence-corrected chi connectivity index (χ4v) is 4.46. The number of phosphoric acid groups is 1. The van der Waals surface area contributed by atoms with Crippen LogP contribution in [0.25, 0.3) is 0 Å². The monoisotopic (exact) mass is 440 g/mol. The minimum absolute atomic E-state index is 0.185. The van der Waals surface area contributed by atoms with Gasteiger partial charge in [0.05, 0.1) is 0 Å². The molecule has 0 aliphatic rings. The summed E-state index contributed by atoms with van der Waals surface area (Å²) >= 11 is 0. The van der Waals surface area contributed by atoms with Crippen LogP contribution < -0.4 is 9.05 Å². The Kier molecular flexibility index (Phi) is 7.22. The minimum atomic E-state index is -4.37. The van der Waals surface area contributed by atoms with Crippen LogP contribution in [0.1, 0.15) is 48.4 Å². The molecule has 0 radical (unpaired) electrons. The lowest BCUT2D eigenvalue weighted by Crippen LogP contribution is -2.27. The lowest BCUT2D eigenvalue weighted by atomic mass is 9.82. The Labute approximate surface area is 183 Å². The van der Waals surface area contributed by atoms with Crippen molar-refractivity contribution >= 4 is 7.82 Å². The third-order valence-corrected chi connectivity index (χ3v) is 6.00. The molecule has 2 N–H and O–H groups in total. The highest BCUT2D eigenvalue weighted by atomic mass is 31.2. The summed E-state index contributed by atoms with van der Waals surface area (Å²) in [5, 5.41) is 11.5. The maximum atomic E-state index is 12.5. The summed E-state index contributed by atoms with van der Waals surface area (Å²) in [5.41, 5.74) is 2.21. The van der Waals surface area contributed by atoms with E-state index in [1.165, 1.54) is 0 Å². The average Bonchev–Trinajstić information content (AvgIpc) is 2.71. The van der Waals surface area contributed by atoms with Crippen LogP contribution in [0.4, 0.5) is 0 Å². The van der Waals surface area contributed by atoms with Crippen LogP contribution in [0, 0.1) is 13.8 Å². The van der Waals surface area contributed by atoms with Gasteiger partial charge in [-0.25, -0.2) is 4.57 Å². The van der Waals surface area contributed by atoms with Crippen molar-refractivity contribution in [3.8, 4) is 11.5 Å². The summed E-state index contributed by atoms with van der Waals surface area (Å²) in [4.78, 5) is 10.2. The third kappa shape index (κ3) is 5.98. The van der Waals surface area contributed by atoms with Crippen molar-refractivity contribution in [2.24, 2.45) is 0 Å². The molecule has 0 amide bonds. The van der Waals surface area contributed by atoms with Crippen molar-refractivity contribution in [2.45, 2.75) is 45.6 Å². The number of aryl methyl sites for hydroxylation is 2. The Bertz CT molecular complexity index is 1030. The Morgan fingerprint density at radius 2 is 1.39 bits per heavy atom. The molecule has 0 saturated carbocycles. The summed E-state index contributed by atoms with van der Waals surface area (Å²) in [6.07, 6.45) is 2.39. The Balaban J connectivity index is 1.80. The molecule has 2 unspecified atom stereocenters. The van der Waals surface area contributed by atoms with E-state index in [1.54, 1.807) is 36.4 Å². The highest BCUT2D eigenvalue weighted by Crippen LogP contribution is 2.45. The number of phosphoric ester groups is 1. The highest BCUT2D eigenvalue weighted by molar-refractivity contribution is 7.48. The van der Waals surface area contributed by atoms with Crippen LogP contribution in [0.5, 0.6) is 11.5 Å². The quantitative estimate of drug-likeness (QED) is 0.383. The van der Waals surface area contributed by atoms with Crippen LogP contribution in [-0.2, 0) is 10.2 Å². The molecule has 2 atom stereocenters. The molecule has 0 aromatic heterocycles. The molecule has 3 aromatic rings. The lowest BCUT2D eigenvalue weighted by molar-refractivity contribution is 0.0684. The van der Waals surface area contributed by atoms with E-state index in [2.05, 4.69) is 6.92 Å². The molecular weight excluding hydrogens is 411 g/mol. The first-order chi connectivity index (χ1) is 14.7. The summed E-state index contributed by atoms with van der Waals surface area (Å²) in [5.74, 6) is 0.461. The molecule has 0 spiro atoms. The molecule has 0 heterocycles. The number of hydrogen-bond donors (Lipinski definition) is 2. The van der Waals surface area contributed by atoms with E-state index in [-0.39, 0.29) is 11.5 Å². The molecule has 3 rings (SSSR count). The first kappa shape index (κ1) is 23.1. The SMILES string of the molecule is CCCCC(O)(c1ccccc1)c1ccc(OP(=O)(O)Oc2cc(C)cc(C)c2)cc1.